The molecule has 10 heteroatoms. The number of anilines is 1. The molecule has 1 unspecified atom stereocenters. The topological polar surface area (TPSA) is 161 Å². The summed E-state index contributed by atoms with van der Waals surface area (Å²) in [6, 6.07) is 4.07. The highest BCUT2D eigenvalue weighted by atomic mass is 32.2. The number of nitrogens with two attached hydrogens (primary N) is 2. The Morgan fingerprint density at radius 2 is 1.75 bits per heavy atom. The van der Waals surface area contributed by atoms with Gasteiger partial charge in [0, 0.05) is 11.6 Å². The number of hydrogen-bond acceptors (Lipinski definition) is 6. The van der Waals surface area contributed by atoms with Crippen LogP contribution in [0.1, 0.15) is 12.0 Å². The summed E-state index contributed by atoms with van der Waals surface area (Å²) in [4.78, 5) is -0.679. The Morgan fingerprint density at radius 3 is 2.33 bits per heavy atom. The molecule has 24 heavy (non-hydrogen) atoms. The molecule has 0 amide bonds. The molecule has 1 atom stereocenters. The summed E-state index contributed by atoms with van der Waals surface area (Å²) in [6.07, 6.45) is 6.19. The highest BCUT2D eigenvalue weighted by molar-refractivity contribution is 7.89. The van der Waals surface area contributed by atoms with Gasteiger partial charge in [0.15, 0.2) is 0 Å². The van der Waals surface area contributed by atoms with Gasteiger partial charge in [0.25, 0.3) is 20.2 Å². The van der Waals surface area contributed by atoms with Crippen LogP contribution in [0.25, 0.3) is 6.08 Å². The summed E-state index contributed by atoms with van der Waals surface area (Å²) >= 11 is 0. The van der Waals surface area contributed by atoms with Crippen molar-refractivity contribution in [3.63, 3.8) is 0 Å². The lowest BCUT2D eigenvalue weighted by Gasteiger charge is -2.16. The maximum Gasteiger partial charge on any atom is 0.296 e. The van der Waals surface area contributed by atoms with Crippen LogP contribution in [0, 0.1) is 5.92 Å². The summed E-state index contributed by atoms with van der Waals surface area (Å²) in [5.74, 6) is -0.360. The zero-order chi connectivity index (χ0) is 18.1. The van der Waals surface area contributed by atoms with E-state index < -0.39 is 25.1 Å². The zero-order valence-electron chi connectivity index (χ0n) is 12.3. The highest BCUT2D eigenvalue weighted by Crippen LogP contribution is 2.27. The lowest BCUT2D eigenvalue weighted by molar-refractivity contribution is 0.482. The van der Waals surface area contributed by atoms with E-state index in [0.29, 0.717) is 5.56 Å². The SMILES string of the molecule is NC1=C(S(=O)(=O)O)CC(C=Cc2ccc(N)c(S(=O)(=O)O)c2)C=C1. The van der Waals surface area contributed by atoms with E-state index in [1.54, 1.807) is 24.3 Å². The third-order valence-corrected chi connectivity index (χ3v) is 5.36. The number of hydrogen-bond donors (Lipinski definition) is 4. The molecule has 0 radical (unpaired) electrons. The van der Waals surface area contributed by atoms with Crippen molar-refractivity contribution in [1.82, 2.24) is 0 Å². The molecule has 0 aliphatic heterocycles. The summed E-state index contributed by atoms with van der Waals surface area (Å²) in [7, 11) is -8.83. The minimum atomic E-state index is -4.44. The smallest absolute Gasteiger partial charge is 0.296 e. The number of nitrogen functional groups attached to an aromatic ring is 1. The predicted octanol–water partition coefficient (Wildman–Crippen LogP) is 1.16. The Bertz CT molecular complexity index is 959. The van der Waals surface area contributed by atoms with E-state index in [-0.39, 0.29) is 28.6 Å². The Balaban J connectivity index is 2.26. The van der Waals surface area contributed by atoms with Gasteiger partial charge >= 0.3 is 0 Å². The van der Waals surface area contributed by atoms with Crippen molar-refractivity contribution in [1.29, 1.82) is 0 Å². The fourth-order valence-electron chi connectivity index (χ4n) is 2.22. The molecule has 1 aliphatic rings. The van der Waals surface area contributed by atoms with Gasteiger partial charge < -0.3 is 11.5 Å². The average molecular weight is 372 g/mol. The van der Waals surface area contributed by atoms with Crippen LogP contribution in [0.5, 0.6) is 0 Å². The van der Waals surface area contributed by atoms with Crippen molar-refractivity contribution in [3.05, 3.63) is 52.6 Å². The second-order valence-electron chi connectivity index (χ2n) is 5.21. The van der Waals surface area contributed by atoms with Gasteiger partial charge in [0.1, 0.15) is 4.90 Å². The second-order valence-corrected chi connectivity index (χ2v) is 8.05. The normalized spacial score (nSPS) is 19.2. The van der Waals surface area contributed by atoms with Gasteiger partial charge in [-0.3, -0.25) is 9.11 Å². The van der Waals surface area contributed by atoms with Gasteiger partial charge in [-0.05, 0) is 30.2 Å². The Kier molecular flexibility index (Phi) is 4.85. The second kappa shape index (κ2) is 6.40. The van der Waals surface area contributed by atoms with E-state index >= 15 is 0 Å². The van der Waals surface area contributed by atoms with Crippen LogP contribution in [0.15, 0.2) is 51.9 Å². The number of allylic oxidation sites excluding steroid dienone is 4. The van der Waals surface area contributed by atoms with Gasteiger partial charge in [-0.2, -0.15) is 16.8 Å². The molecule has 1 aromatic rings. The predicted molar refractivity (Wildman–Crippen MR) is 89.7 cm³/mol. The standard InChI is InChI=1S/C14H16N2O6S2/c15-11-5-3-9(7-13(11)23(17,18)19)1-2-10-4-6-12(16)14(8-10)24(20,21)22/h1-7,10H,8,15-16H2,(H,17,18,19)(H,20,21,22). The molecule has 6 N–H and O–H groups in total. The molecule has 0 saturated carbocycles. The van der Waals surface area contributed by atoms with Crippen LogP contribution in [0.3, 0.4) is 0 Å². The van der Waals surface area contributed by atoms with Gasteiger partial charge in [0.2, 0.25) is 0 Å². The molecule has 0 heterocycles. The minimum Gasteiger partial charge on any atom is -0.398 e. The number of rotatable bonds is 4. The molecule has 130 valence electrons. The van der Waals surface area contributed by atoms with Crippen molar-refractivity contribution in [3.8, 4) is 0 Å². The highest BCUT2D eigenvalue weighted by Gasteiger charge is 2.23. The maximum absolute atomic E-state index is 11.3. The van der Waals surface area contributed by atoms with Gasteiger partial charge in [-0.1, -0.05) is 24.3 Å². The molecule has 0 fully saturated rings. The fourth-order valence-corrected chi connectivity index (χ4v) is 3.64. The van der Waals surface area contributed by atoms with Gasteiger partial charge in [-0.25, -0.2) is 0 Å². The molecule has 0 aromatic heterocycles. The fraction of sp³-hybridized carbons (Fsp3) is 0.143. The molecule has 2 rings (SSSR count). The quantitative estimate of drug-likeness (QED) is 0.452. The zero-order valence-corrected chi connectivity index (χ0v) is 14.0. The van der Waals surface area contributed by atoms with Gasteiger partial charge in [-0.15, -0.1) is 0 Å². The molecule has 1 aromatic carbocycles. The van der Waals surface area contributed by atoms with Crippen LogP contribution in [-0.2, 0) is 20.2 Å². The number of benzene rings is 1. The lowest BCUT2D eigenvalue weighted by Crippen LogP contribution is -2.15. The monoisotopic (exact) mass is 372 g/mol. The van der Waals surface area contributed by atoms with Crippen LogP contribution in [0.2, 0.25) is 0 Å². The average Bonchev–Trinajstić information content (AvgIpc) is 2.45. The third-order valence-electron chi connectivity index (χ3n) is 3.43. The molecule has 8 nitrogen and oxygen atoms in total. The van der Waals surface area contributed by atoms with E-state index in [1.807, 2.05) is 0 Å². The van der Waals surface area contributed by atoms with Crippen molar-refractivity contribution in [2.75, 3.05) is 5.73 Å². The van der Waals surface area contributed by atoms with Gasteiger partial charge in [0.05, 0.1) is 10.6 Å². The van der Waals surface area contributed by atoms with Crippen LogP contribution in [-0.4, -0.2) is 25.9 Å². The summed E-state index contributed by atoms with van der Waals surface area (Å²) in [6.45, 7) is 0. The van der Waals surface area contributed by atoms with E-state index in [1.165, 1.54) is 18.2 Å². The molecule has 0 saturated heterocycles. The maximum atomic E-state index is 11.3. The van der Waals surface area contributed by atoms with E-state index in [2.05, 4.69) is 0 Å². The molecular weight excluding hydrogens is 356 g/mol. The molecule has 1 aliphatic carbocycles. The van der Waals surface area contributed by atoms with Crippen LogP contribution < -0.4 is 11.5 Å². The largest absolute Gasteiger partial charge is 0.398 e. The van der Waals surface area contributed by atoms with E-state index in [9.17, 15) is 16.8 Å². The Morgan fingerprint density at radius 1 is 1.08 bits per heavy atom. The Labute approximate surface area is 139 Å². The van der Waals surface area contributed by atoms with Crippen LogP contribution in [0.4, 0.5) is 5.69 Å². The first-order chi connectivity index (χ1) is 11.0. The first kappa shape index (κ1) is 18.2. The van der Waals surface area contributed by atoms with Crippen molar-refractivity contribution >= 4 is 32.0 Å². The lowest BCUT2D eigenvalue weighted by atomic mass is 9.98. The summed E-state index contributed by atoms with van der Waals surface area (Å²) in [5, 5.41) is 0. The molecule has 0 bridgehead atoms. The first-order valence-corrected chi connectivity index (χ1v) is 9.56. The molecular formula is C14H16N2O6S2. The third kappa shape index (κ3) is 4.23. The summed E-state index contributed by atoms with van der Waals surface area (Å²) in [5.41, 5.74) is 11.4. The van der Waals surface area contributed by atoms with Crippen molar-refractivity contribution in [2.24, 2.45) is 11.7 Å². The molecule has 0 spiro atoms. The minimum absolute atomic E-state index is 0.0161. The summed E-state index contributed by atoms with van der Waals surface area (Å²) < 4.78 is 63.2. The van der Waals surface area contributed by atoms with E-state index in [4.69, 9.17) is 20.6 Å². The van der Waals surface area contributed by atoms with Crippen molar-refractivity contribution in [2.45, 2.75) is 11.3 Å². The van der Waals surface area contributed by atoms with Crippen LogP contribution >= 0.6 is 0 Å². The first-order valence-electron chi connectivity index (χ1n) is 6.68. The van der Waals surface area contributed by atoms with Crippen molar-refractivity contribution < 1.29 is 25.9 Å². The van der Waals surface area contributed by atoms with E-state index in [0.717, 1.165) is 0 Å². The Hall–Kier alpha value is -2.14.